The third-order valence-corrected chi connectivity index (χ3v) is 5.65. The lowest BCUT2D eigenvalue weighted by Crippen LogP contribution is -2.49. The number of amides is 2. The molecule has 0 bridgehead atoms. The molecular formula is C24H30Cl2N2O3. The van der Waals surface area contributed by atoms with Gasteiger partial charge < -0.3 is 15.0 Å². The van der Waals surface area contributed by atoms with Gasteiger partial charge in [-0.2, -0.15) is 0 Å². The van der Waals surface area contributed by atoms with Crippen LogP contribution in [-0.4, -0.2) is 35.9 Å². The molecule has 2 aromatic carbocycles. The third kappa shape index (κ3) is 7.44. The molecule has 168 valence electrons. The Labute approximate surface area is 194 Å². The van der Waals surface area contributed by atoms with Gasteiger partial charge in [0.2, 0.25) is 5.91 Å². The summed E-state index contributed by atoms with van der Waals surface area (Å²) in [5.74, 6) is 0.0614. The number of rotatable bonds is 10. The topological polar surface area (TPSA) is 58.6 Å². The fourth-order valence-corrected chi connectivity index (χ4v) is 3.73. The monoisotopic (exact) mass is 464 g/mol. The van der Waals surface area contributed by atoms with Gasteiger partial charge in [0, 0.05) is 28.7 Å². The number of hydrogen-bond donors (Lipinski definition) is 1. The van der Waals surface area contributed by atoms with Crippen molar-refractivity contribution >= 4 is 35.0 Å². The predicted octanol–water partition coefficient (Wildman–Crippen LogP) is 5.32. The van der Waals surface area contributed by atoms with Crippen molar-refractivity contribution in [2.45, 2.75) is 53.1 Å². The van der Waals surface area contributed by atoms with Crippen LogP contribution in [0.25, 0.3) is 0 Å². The molecule has 0 fully saturated rings. The van der Waals surface area contributed by atoms with Gasteiger partial charge >= 0.3 is 0 Å². The summed E-state index contributed by atoms with van der Waals surface area (Å²) in [5.41, 5.74) is 2.69. The summed E-state index contributed by atoms with van der Waals surface area (Å²) in [5, 5.41) is 3.77. The van der Waals surface area contributed by atoms with Crippen LogP contribution in [0.5, 0.6) is 5.75 Å². The minimum absolute atomic E-state index is 0.107. The molecule has 0 radical (unpaired) electrons. The number of unbranched alkanes of at least 4 members (excludes halogenated alkanes) is 1. The van der Waals surface area contributed by atoms with Crippen LogP contribution in [-0.2, 0) is 16.1 Å². The van der Waals surface area contributed by atoms with E-state index in [4.69, 9.17) is 27.9 Å². The molecule has 7 heteroatoms. The van der Waals surface area contributed by atoms with Crippen LogP contribution in [0.4, 0.5) is 0 Å². The molecule has 0 aromatic heterocycles. The van der Waals surface area contributed by atoms with Gasteiger partial charge in [-0.15, -0.1) is 0 Å². The summed E-state index contributed by atoms with van der Waals surface area (Å²) in [4.78, 5) is 27.3. The fraction of sp³-hybridized carbons (Fsp3) is 0.417. The van der Waals surface area contributed by atoms with Gasteiger partial charge in [0.15, 0.2) is 6.61 Å². The maximum atomic E-state index is 13.1. The predicted molar refractivity (Wildman–Crippen MR) is 126 cm³/mol. The van der Waals surface area contributed by atoms with E-state index in [0.29, 0.717) is 27.9 Å². The third-order valence-electron chi connectivity index (χ3n) is 4.94. The highest BCUT2D eigenvalue weighted by atomic mass is 35.5. The minimum Gasteiger partial charge on any atom is -0.484 e. The number of aryl methyl sites for hydroxylation is 2. The van der Waals surface area contributed by atoms with Gasteiger partial charge in [-0.25, -0.2) is 0 Å². The number of nitrogens with zero attached hydrogens (tertiary/aromatic N) is 1. The lowest BCUT2D eigenvalue weighted by Gasteiger charge is -2.29. The van der Waals surface area contributed by atoms with E-state index in [1.54, 1.807) is 25.1 Å². The number of ether oxygens (including phenoxy) is 1. The van der Waals surface area contributed by atoms with Crippen molar-refractivity contribution in [2.24, 2.45) is 0 Å². The Hall–Kier alpha value is -2.24. The second kappa shape index (κ2) is 12.0. The van der Waals surface area contributed by atoms with Gasteiger partial charge in [0.1, 0.15) is 11.8 Å². The van der Waals surface area contributed by atoms with E-state index in [1.807, 2.05) is 32.0 Å². The second-order valence-electron chi connectivity index (χ2n) is 7.65. The summed E-state index contributed by atoms with van der Waals surface area (Å²) in [6.45, 7) is 8.16. The zero-order valence-electron chi connectivity index (χ0n) is 18.5. The molecule has 31 heavy (non-hydrogen) atoms. The molecule has 0 saturated carbocycles. The maximum absolute atomic E-state index is 13.1. The highest BCUT2D eigenvalue weighted by molar-refractivity contribution is 6.36. The lowest BCUT2D eigenvalue weighted by molar-refractivity contribution is -0.142. The Morgan fingerprint density at radius 3 is 2.29 bits per heavy atom. The lowest BCUT2D eigenvalue weighted by atomic mass is 10.1. The SMILES string of the molecule is CCCCNC(=O)C(C)N(Cc1c(Cl)cccc1Cl)C(=O)COc1cc(C)cc(C)c1. The van der Waals surface area contributed by atoms with Crippen LogP contribution in [0.15, 0.2) is 36.4 Å². The Morgan fingerprint density at radius 2 is 1.71 bits per heavy atom. The van der Waals surface area contributed by atoms with Crippen LogP contribution in [0, 0.1) is 13.8 Å². The maximum Gasteiger partial charge on any atom is 0.261 e. The molecule has 0 aliphatic heterocycles. The highest BCUT2D eigenvalue weighted by Gasteiger charge is 2.27. The molecule has 0 heterocycles. The molecule has 0 saturated heterocycles. The Bertz CT molecular complexity index is 877. The van der Waals surface area contributed by atoms with Crippen molar-refractivity contribution in [1.29, 1.82) is 0 Å². The van der Waals surface area contributed by atoms with Crippen LogP contribution < -0.4 is 10.1 Å². The number of nitrogens with one attached hydrogen (secondary N) is 1. The Morgan fingerprint density at radius 1 is 1.10 bits per heavy atom. The minimum atomic E-state index is -0.709. The van der Waals surface area contributed by atoms with E-state index in [-0.39, 0.29) is 25.0 Å². The van der Waals surface area contributed by atoms with E-state index in [2.05, 4.69) is 12.2 Å². The molecule has 1 atom stereocenters. The number of carbonyl (C=O) groups is 2. The first-order valence-corrected chi connectivity index (χ1v) is 11.2. The Balaban J connectivity index is 2.20. The van der Waals surface area contributed by atoms with Crippen molar-refractivity contribution < 1.29 is 14.3 Å². The van der Waals surface area contributed by atoms with Gasteiger partial charge in [-0.3, -0.25) is 9.59 Å². The van der Waals surface area contributed by atoms with Crippen molar-refractivity contribution in [3.05, 3.63) is 63.1 Å². The molecule has 1 N–H and O–H groups in total. The average molecular weight is 465 g/mol. The normalized spacial score (nSPS) is 11.7. The number of benzene rings is 2. The van der Waals surface area contributed by atoms with Gasteiger partial charge in [-0.05, 0) is 62.6 Å². The van der Waals surface area contributed by atoms with Crippen molar-refractivity contribution in [3.63, 3.8) is 0 Å². The summed E-state index contributed by atoms with van der Waals surface area (Å²) in [6.07, 6.45) is 1.84. The molecule has 5 nitrogen and oxygen atoms in total. The van der Waals surface area contributed by atoms with E-state index in [9.17, 15) is 9.59 Å². The van der Waals surface area contributed by atoms with E-state index in [1.165, 1.54) is 4.90 Å². The first-order valence-electron chi connectivity index (χ1n) is 10.4. The zero-order valence-corrected chi connectivity index (χ0v) is 20.0. The summed E-state index contributed by atoms with van der Waals surface area (Å²) < 4.78 is 5.75. The van der Waals surface area contributed by atoms with E-state index < -0.39 is 6.04 Å². The van der Waals surface area contributed by atoms with Crippen molar-refractivity contribution in [2.75, 3.05) is 13.2 Å². The molecular weight excluding hydrogens is 435 g/mol. The van der Waals surface area contributed by atoms with Crippen LogP contribution >= 0.6 is 23.2 Å². The van der Waals surface area contributed by atoms with Gasteiger partial charge in [0.05, 0.1) is 0 Å². The summed E-state index contributed by atoms with van der Waals surface area (Å²) in [7, 11) is 0. The number of hydrogen-bond acceptors (Lipinski definition) is 3. The molecule has 2 aromatic rings. The van der Waals surface area contributed by atoms with E-state index >= 15 is 0 Å². The average Bonchev–Trinajstić information content (AvgIpc) is 2.71. The quantitative estimate of drug-likeness (QED) is 0.483. The van der Waals surface area contributed by atoms with Crippen LogP contribution in [0.3, 0.4) is 0 Å². The molecule has 0 spiro atoms. The van der Waals surface area contributed by atoms with Crippen LogP contribution in [0.2, 0.25) is 10.0 Å². The van der Waals surface area contributed by atoms with Gasteiger partial charge in [0.25, 0.3) is 5.91 Å². The smallest absolute Gasteiger partial charge is 0.261 e. The fourth-order valence-electron chi connectivity index (χ4n) is 3.22. The second-order valence-corrected chi connectivity index (χ2v) is 8.47. The molecule has 2 rings (SSSR count). The zero-order chi connectivity index (χ0) is 23.0. The van der Waals surface area contributed by atoms with Gasteiger partial charge in [-0.1, -0.05) is 48.7 Å². The first-order chi connectivity index (χ1) is 14.7. The number of carbonyl (C=O) groups excluding carboxylic acids is 2. The van der Waals surface area contributed by atoms with Crippen LogP contribution in [0.1, 0.15) is 43.4 Å². The molecule has 0 aliphatic rings. The molecule has 0 aliphatic carbocycles. The van der Waals surface area contributed by atoms with Crippen molar-refractivity contribution in [3.8, 4) is 5.75 Å². The summed E-state index contributed by atoms with van der Waals surface area (Å²) in [6, 6.07) is 10.2. The van der Waals surface area contributed by atoms with E-state index in [0.717, 1.165) is 24.0 Å². The molecule has 1 unspecified atom stereocenters. The Kier molecular flexibility index (Phi) is 9.66. The molecule has 2 amide bonds. The highest BCUT2D eigenvalue weighted by Crippen LogP contribution is 2.26. The standard InChI is InChI=1S/C24H30Cl2N2O3/c1-5-6-10-27-24(30)18(4)28(14-20-21(25)8-7-9-22(20)26)23(29)15-31-19-12-16(2)11-17(3)13-19/h7-9,11-13,18H,5-6,10,14-15H2,1-4H3,(H,27,30). The largest absolute Gasteiger partial charge is 0.484 e. The number of halogens is 2. The van der Waals surface area contributed by atoms with Crippen molar-refractivity contribution in [1.82, 2.24) is 10.2 Å². The summed E-state index contributed by atoms with van der Waals surface area (Å²) >= 11 is 12.6. The first kappa shape index (κ1) is 25.0.